The van der Waals surface area contributed by atoms with E-state index in [0.717, 1.165) is 5.56 Å². The molecule has 184 valence electrons. The minimum atomic E-state index is -5.18. The summed E-state index contributed by atoms with van der Waals surface area (Å²) in [6.07, 6.45) is -4.76. The SMILES string of the molecule is O=C1CC(c2ccc(Cl)cc2)CC2=C1C(c1ccccc1Cl)N(C(=O)C(F)(F)F)c1ccccc1N2. The van der Waals surface area contributed by atoms with Crippen molar-refractivity contribution in [2.45, 2.75) is 31.0 Å². The van der Waals surface area contributed by atoms with Crippen molar-refractivity contribution < 1.29 is 22.8 Å². The lowest BCUT2D eigenvalue weighted by atomic mass is 9.78. The van der Waals surface area contributed by atoms with E-state index in [-0.39, 0.29) is 40.0 Å². The van der Waals surface area contributed by atoms with E-state index >= 15 is 0 Å². The standard InChI is InChI=1S/C27H19Cl2F3N2O2/c28-17-11-9-15(10-12-17)16-13-21-24(23(35)14-16)25(18-5-1-2-6-19(18)29)34(26(36)27(30,31)32)22-8-4-3-7-20(22)33-21/h1-12,16,25,33H,13-14H2. The number of carbonyl (C=O) groups is 2. The minimum Gasteiger partial charge on any atom is -0.357 e. The molecule has 0 saturated carbocycles. The van der Waals surface area contributed by atoms with Crippen LogP contribution in [-0.4, -0.2) is 17.9 Å². The number of halogens is 5. The largest absolute Gasteiger partial charge is 0.471 e. The van der Waals surface area contributed by atoms with Crippen molar-refractivity contribution in [3.8, 4) is 0 Å². The molecule has 2 aliphatic rings. The van der Waals surface area contributed by atoms with Crippen molar-refractivity contribution in [3.63, 3.8) is 0 Å². The van der Waals surface area contributed by atoms with Gasteiger partial charge in [0, 0.05) is 27.7 Å². The van der Waals surface area contributed by atoms with Gasteiger partial charge in [-0.2, -0.15) is 13.2 Å². The molecule has 0 radical (unpaired) electrons. The predicted molar refractivity (Wildman–Crippen MR) is 133 cm³/mol. The first-order valence-electron chi connectivity index (χ1n) is 11.2. The molecule has 9 heteroatoms. The quantitative estimate of drug-likeness (QED) is 0.374. The molecule has 1 aliphatic carbocycles. The maximum atomic E-state index is 13.9. The third-order valence-corrected chi connectivity index (χ3v) is 7.09. The van der Waals surface area contributed by atoms with Gasteiger partial charge in [0.2, 0.25) is 0 Å². The van der Waals surface area contributed by atoms with E-state index in [1.807, 2.05) is 12.1 Å². The maximum absolute atomic E-state index is 13.9. The molecule has 5 rings (SSSR count). The van der Waals surface area contributed by atoms with Crippen molar-refractivity contribution in [2.75, 3.05) is 10.2 Å². The van der Waals surface area contributed by atoms with Crippen molar-refractivity contribution in [1.82, 2.24) is 0 Å². The number of para-hydroxylation sites is 2. The number of allylic oxidation sites excluding steroid dienone is 1. The van der Waals surface area contributed by atoms with Crippen LogP contribution in [0.1, 0.15) is 35.9 Å². The van der Waals surface area contributed by atoms with Crippen LogP contribution in [0.2, 0.25) is 10.0 Å². The zero-order valence-electron chi connectivity index (χ0n) is 18.7. The van der Waals surface area contributed by atoms with Crippen molar-refractivity contribution in [3.05, 3.63) is 105 Å². The van der Waals surface area contributed by atoms with Crippen LogP contribution in [0.25, 0.3) is 0 Å². The van der Waals surface area contributed by atoms with Crippen LogP contribution in [0, 0.1) is 0 Å². The van der Waals surface area contributed by atoms with Crippen LogP contribution in [0.3, 0.4) is 0 Å². The number of amides is 1. The summed E-state index contributed by atoms with van der Waals surface area (Å²) in [7, 11) is 0. The number of Topliss-reactive ketones (excluding diaryl/α,β-unsaturated/α-hetero) is 1. The molecule has 0 fully saturated rings. The zero-order valence-corrected chi connectivity index (χ0v) is 20.2. The number of fused-ring (bicyclic) bond motifs is 1. The zero-order chi connectivity index (χ0) is 25.6. The number of rotatable bonds is 2. The lowest BCUT2D eigenvalue weighted by molar-refractivity contribution is -0.170. The topological polar surface area (TPSA) is 49.4 Å². The van der Waals surface area contributed by atoms with E-state index < -0.39 is 18.1 Å². The third-order valence-electron chi connectivity index (χ3n) is 6.49. The van der Waals surface area contributed by atoms with Crippen LogP contribution >= 0.6 is 23.2 Å². The van der Waals surface area contributed by atoms with Gasteiger partial charge in [0.1, 0.15) is 0 Å². The Morgan fingerprint density at radius 2 is 1.58 bits per heavy atom. The highest BCUT2D eigenvalue weighted by Gasteiger charge is 2.50. The lowest BCUT2D eigenvalue weighted by Gasteiger charge is -2.35. The van der Waals surface area contributed by atoms with E-state index in [1.165, 1.54) is 12.1 Å². The molecular formula is C27H19Cl2F3N2O2. The monoisotopic (exact) mass is 530 g/mol. The normalized spacial score (nSPS) is 19.8. The Balaban J connectivity index is 1.74. The number of carbonyl (C=O) groups excluding carboxylic acids is 2. The van der Waals surface area contributed by atoms with E-state index in [2.05, 4.69) is 5.32 Å². The van der Waals surface area contributed by atoms with Crippen molar-refractivity contribution in [2.24, 2.45) is 0 Å². The second-order valence-corrected chi connectivity index (χ2v) is 9.55. The number of nitrogens with one attached hydrogen (secondary N) is 1. The van der Waals surface area contributed by atoms with E-state index in [1.54, 1.807) is 48.5 Å². The van der Waals surface area contributed by atoms with Gasteiger partial charge in [-0.05, 0) is 53.8 Å². The summed E-state index contributed by atoms with van der Waals surface area (Å²) in [6.45, 7) is 0. The first-order valence-corrected chi connectivity index (χ1v) is 11.9. The summed E-state index contributed by atoms with van der Waals surface area (Å²) >= 11 is 12.5. The summed E-state index contributed by atoms with van der Waals surface area (Å²) in [4.78, 5) is 27.3. The smallest absolute Gasteiger partial charge is 0.357 e. The average molecular weight is 531 g/mol. The van der Waals surface area contributed by atoms with Gasteiger partial charge in [-0.1, -0.05) is 65.7 Å². The highest BCUT2D eigenvalue weighted by molar-refractivity contribution is 6.31. The van der Waals surface area contributed by atoms with Gasteiger partial charge >= 0.3 is 12.1 Å². The second-order valence-electron chi connectivity index (χ2n) is 8.71. The fraction of sp³-hybridized carbons (Fsp3) is 0.185. The minimum absolute atomic E-state index is 0.00925. The summed E-state index contributed by atoms with van der Waals surface area (Å²) < 4.78 is 41.8. The van der Waals surface area contributed by atoms with Gasteiger partial charge in [0.25, 0.3) is 0 Å². The molecule has 0 spiro atoms. The third kappa shape index (κ3) is 4.38. The number of hydrogen-bond acceptors (Lipinski definition) is 3. The summed E-state index contributed by atoms with van der Waals surface area (Å²) in [6, 6.07) is 18.3. The van der Waals surface area contributed by atoms with Crippen LogP contribution in [0.4, 0.5) is 24.5 Å². The van der Waals surface area contributed by atoms with Gasteiger partial charge < -0.3 is 5.32 Å². The van der Waals surface area contributed by atoms with Gasteiger partial charge in [-0.15, -0.1) is 0 Å². The Kier molecular flexibility index (Phi) is 6.30. The number of benzene rings is 3. The molecule has 0 aromatic heterocycles. The Labute approximate surface area is 215 Å². The molecule has 0 saturated heterocycles. The van der Waals surface area contributed by atoms with Gasteiger partial charge in [-0.3, -0.25) is 14.5 Å². The van der Waals surface area contributed by atoms with E-state index in [0.29, 0.717) is 27.7 Å². The fourth-order valence-corrected chi connectivity index (χ4v) is 5.28. The summed E-state index contributed by atoms with van der Waals surface area (Å²) in [5.74, 6) is -2.66. The summed E-state index contributed by atoms with van der Waals surface area (Å²) in [5, 5.41) is 3.90. The Morgan fingerprint density at radius 3 is 2.28 bits per heavy atom. The molecule has 0 bridgehead atoms. The Morgan fingerprint density at radius 1 is 0.917 bits per heavy atom. The maximum Gasteiger partial charge on any atom is 0.471 e. The van der Waals surface area contributed by atoms with Gasteiger partial charge in [-0.25, -0.2) is 0 Å². The van der Waals surface area contributed by atoms with Crippen LogP contribution in [0.5, 0.6) is 0 Å². The van der Waals surface area contributed by atoms with Crippen LogP contribution in [0.15, 0.2) is 84.1 Å². The Bertz CT molecular complexity index is 1390. The molecule has 4 nitrogen and oxygen atoms in total. The molecule has 1 aliphatic heterocycles. The first kappa shape index (κ1) is 24.4. The van der Waals surface area contributed by atoms with Gasteiger partial charge in [0.15, 0.2) is 5.78 Å². The number of nitrogens with zero attached hydrogens (tertiary/aromatic N) is 1. The first-order chi connectivity index (χ1) is 17.1. The molecule has 2 atom stereocenters. The lowest BCUT2D eigenvalue weighted by Crippen LogP contribution is -2.45. The number of anilines is 2. The van der Waals surface area contributed by atoms with Crippen molar-refractivity contribution >= 4 is 46.3 Å². The highest BCUT2D eigenvalue weighted by atomic mass is 35.5. The molecular weight excluding hydrogens is 512 g/mol. The van der Waals surface area contributed by atoms with Gasteiger partial charge in [0.05, 0.1) is 17.4 Å². The van der Waals surface area contributed by atoms with Crippen LogP contribution in [-0.2, 0) is 9.59 Å². The van der Waals surface area contributed by atoms with Crippen LogP contribution < -0.4 is 10.2 Å². The second kappa shape index (κ2) is 9.30. The molecule has 1 amide bonds. The number of ketones is 1. The van der Waals surface area contributed by atoms with Crippen molar-refractivity contribution in [1.29, 1.82) is 0 Å². The molecule has 2 unspecified atom stereocenters. The molecule has 1 heterocycles. The number of alkyl halides is 3. The summed E-state index contributed by atoms with van der Waals surface area (Å²) in [5.41, 5.74) is 1.98. The number of hydrogen-bond donors (Lipinski definition) is 1. The molecule has 3 aromatic carbocycles. The Hall–Kier alpha value is -3.29. The van der Waals surface area contributed by atoms with E-state index in [9.17, 15) is 22.8 Å². The molecule has 36 heavy (non-hydrogen) atoms. The fourth-order valence-electron chi connectivity index (χ4n) is 4.91. The highest BCUT2D eigenvalue weighted by Crippen LogP contribution is 2.49. The van der Waals surface area contributed by atoms with E-state index in [4.69, 9.17) is 23.2 Å². The average Bonchev–Trinajstić information content (AvgIpc) is 2.98. The molecule has 1 N–H and O–H groups in total. The molecule has 3 aromatic rings. The predicted octanol–water partition coefficient (Wildman–Crippen LogP) is 7.46.